The predicted molar refractivity (Wildman–Crippen MR) is 58.6 cm³/mol. The first-order valence-electron chi connectivity index (χ1n) is 5.47. The first-order chi connectivity index (χ1) is 7.65. The second-order valence-electron chi connectivity index (χ2n) is 4.44. The Balaban J connectivity index is 1.83. The molecule has 2 rings (SSSR count). The predicted octanol–water partition coefficient (Wildman–Crippen LogP) is 2.20. The van der Waals surface area contributed by atoms with E-state index in [1.54, 1.807) is 6.07 Å². The second kappa shape index (κ2) is 4.51. The Bertz CT molecular complexity index is 368. The standard InChI is InChI=1S/C12H15NO3/c1-8-4-9(5-8)7-16-11-3-2-10(6-13-11)12(14)15/h2-3,6,8-9H,4-5,7H2,1H3,(H,14,15). The van der Waals surface area contributed by atoms with E-state index in [9.17, 15) is 4.79 Å². The number of hydrogen-bond acceptors (Lipinski definition) is 3. The zero-order valence-electron chi connectivity index (χ0n) is 9.22. The summed E-state index contributed by atoms with van der Waals surface area (Å²) in [7, 11) is 0. The van der Waals surface area contributed by atoms with Crippen LogP contribution in [0.15, 0.2) is 18.3 Å². The minimum absolute atomic E-state index is 0.185. The number of aromatic carboxylic acids is 1. The molecule has 1 heterocycles. The summed E-state index contributed by atoms with van der Waals surface area (Å²) in [6.45, 7) is 2.92. The molecule has 0 unspecified atom stereocenters. The highest BCUT2D eigenvalue weighted by molar-refractivity contribution is 5.87. The van der Waals surface area contributed by atoms with Crippen LogP contribution >= 0.6 is 0 Å². The molecular weight excluding hydrogens is 206 g/mol. The van der Waals surface area contributed by atoms with E-state index in [0.29, 0.717) is 18.4 Å². The third kappa shape index (κ3) is 2.51. The van der Waals surface area contributed by atoms with Gasteiger partial charge in [-0.15, -0.1) is 0 Å². The summed E-state index contributed by atoms with van der Waals surface area (Å²) in [6, 6.07) is 3.11. The van der Waals surface area contributed by atoms with Crippen molar-refractivity contribution in [3.8, 4) is 5.88 Å². The zero-order valence-corrected chi connectivity index (χ0v) is 9.22. The molecule has 0 saturated heterocycles. The Kier molecular flexibility index (Phi) is 3.08. The Labute approximate surface area is 94.3 Å². The van der Waals surface area contributed by atoms with E-state index in [-0.39, 0.29) is 5.56 Å². The third-order valence-electron chi connectivity index (χ3n) is 2.92. The van der Waals surface area contributed by atoms with Crippen LogP contribution in [0.4, 0.5) is 0 Å². The lowest BCUT2D eigenvalue weighted by Crippen LogP contribution is -2.26. The normalized spacial score (nSPS) is 23.6. The van der Waals surface area contributed by atoms with E-state index < -0.39 is 5.97 Å². The molecule has 4 heteroatoms. The molecule has 16 heavy (non-hydrogen) atoms. The molecule has 1 aromatic rings. The van der Waals surface area contributed by atoms with Gasteiger partial charge in [-0.1, -0.05) is 6.92 Å². The van der Waals surface area contributed by atoms with Gasteiger partial charge >= 0.3 is 5.97 Å². The van der Waals surface area contributed by atoms with Crippen LogP contribution in [0.3, 0.4) is 0 Å². The molecule has 0 radical (unpaired) electrons. The van der Waals surface area contributed by atoms with Crippen LogP contribution in [0.2, 0.25) is 0 Å². The van der Waals surface area contributed by atoms with Crippen LogP contribution in [0.25, 0.3) is 0 Å². The number of pyridine rings is 1. The van der Waals surface area contributed by atoms with Gasteiger partial charge in [0.25, 0.3) is 0 Å². The largest absolute Gasteiger partial charge is 0.478 e. The van der Waals surface area contributed by atoms with Crippen LogP contribution < -0.4 is 4.74 Å². The van der Waals surface area contributed by atoms with Crippen LogP contribution in [0.5, 0.6) is 5.88 Å². The molecule has 0 aromatic carbocycles. The van der Waals surface area contributed by atoms with Gasteiger partial charge < -0.3 is 9.84 Å². The lowest BCUT2D eigenvalue weighted by atomic mass is 9.77. The molecule has 4 nitrogen and oxygen atoms in total. The lowest BCUT2D eigenvalue weighted by molar-refractivity contribution is 0.0696. The number of nitrogens with zero attached hydrogens (tertiary/aromatic N) is 1. The summed E-state index contributed by atoms with van der Waals surface area (Å²) in [5.74, 6) is 0.989. The van der Waals surface area contributed by atoms with Crippen molar-refractivity contribution in [1.29, 1.82) is 0 Å². The van der Waals surface area contributed by atoms with Gasteiger partial charge in [-0.05, 0) is 30.7 Å². The molecule has 1 fully saturated rings. The van der Waals surface area contributed by atoms with Gasteiger partial charge in [0.15, 0.2) is 0 Å². The number of carboxylic acids is 1. The molecule has 1 aliphatic carbocycles. The van der Waals surface area contributed by atoms with E-state index >= 15 is 0 Å². The average molecular weight is 221 g/mol. The quantitative estimate of drug-likeness (QED) is 0.846. The van der Waals surface area contributed by atoms with Gasteiger partial charge in [-0.25, -0.2) is 9.78 Å². The number of carboxylic acid groups (broad SMARTS) is 1. The molecule has 86 valence electrons. The van der Waals surface area contributed by atoms with Gasteiger partial charge in [0.05, 0.1) is 12.2 Å². The minimum Gasteiger partial charge on any atom is -0.478 e. The highest BCUT2D eigenvalue weighted by Gasteiger charge is 2.25. The smallest absolute Gasteiger partial charge is 0.337 e. The van der Waals surface area contributed by atoms with Gasteiger partial charge in [0.2, 0.25) is 5.88 Å². The van der Waals surface area contributed by atoms with Gasteiger partial charge in [0.1, 0.15) is 0 Å². The molecule has 1 N–H and O–H groups in total. The molecule has 1 saturated carbocycles. The van der Waals surface area contributed by atoms with E-state index in [1.807, 2.05) is 0 Å². The topological polar surface area (TPSA) is 59.4 Å². The highest BCUT2D eigenvalue weighted by atomic mass is 16.5. The maximum atomic E-state index is 10.6. The van der Waals surface area contributed by atoms with Crippen molar-refractivity contribution in [2.45, 2.75) is 19.8 Å². The van der Waals surface area contributed by atoms with Crippen LogP contribution in [0.1, 0.15) is 30.1 Å². The van der Waals surface area contributed by atoms with E-state index in [2.05, 4.69) is 11.9 Å². The average Bonchev–Trinajstić information content (AvgIpc) is 2.23. The number of rotatable bonds is 4. The molecular formula is C12H15NO3. The minimum atomic E-state index is -0.966. The Hall–Kier alpha value is -1.58. The fraction of sp³-hybridized carbons (Fsp3) is 0.500. The SMILES string of the molecule is CC1CC(COc2ccc(C(=O)O)cn2)C1. The second-order valence-corrected chi connectivity index (χ2v) is 4.44. The summed E-state index contributed by atoms with van der Waals surface area (Å²) in [4.78, 5) is 14.5. The first kappa shape index (κ1) is 10.9. The zero-order chi connectivity index (χ0) is 11.5. The molecule has 1 aromatic heterocycles. The number of carbonyl (C=O) groups is 1. The monoisotopic (exact) mass is 221 g/mol. The number of aromatic nitrogens is 1. The summed E-state index contributed by atoms with van der Waals surface area (Å²) in [5.41, 5.74) is 0.185. The highest BCUT2D eigenvalue weighted by Crippen LogP contribution is 2.33. The Morgan fingerprint density at radius 1 is 1.56 bits per heavy atom. The van der Waals surface area contributed by atoms with E-state index in [1.165, 1.54) is 25.1 Å². The van der Waals surface area contributed by atoms with Gasteiger partial charge in [-0.3, -0.25) is 0 Å². The summed E-state index contributed by atoms with van der Waals surface area (Å²) >= 11 is 0. The summed E-state index contributed by atoms with van der Waals surface area (Å²) in [5, 5.41) is 8.69. The molecule has 0 atom stereocenters. The molecule has 0 amide bonds. The van der Waals surface area contributed by atoms with Crippen molar-refractivity contribution in [1.82, 2.24) is 4.98 Å². The van der Waals surface area contributed by atoms with E-state index in [4.69, 9.17) is 9.84 Å². The summed E-state index contributed by atoms with van der Waals surface area (Å²) < 4.78 is 5.49. The molecule has 0 bridgehead atoms. The van der Waals surface area contributed by atoms with Crippen molar-refractivity contribution in [2.75, 3.05) is 6.61 Å². The van der Waals surface area contributed by atoms with Gasteiger partial charge in [-0.2, -0.15) is 0 Å². The fourth-order valence-electron chi connectivity index (χ4n) is 2.00. The maximum absolute atomic E-state index is 10.6. The number of ether oxygens (including phenoxy) is 1. The maximum Gasteiger partial charge on any atom is 0.337 e. The van der Waals surface area contributed by atoms with Crippen molar-refractivity contribution in [3.63, 3.8) is 0 Å². The van der Waals surface area contributed by atoms with Crippen LogP contribution in [-0.2, 0) is 0 Å². The number of hydrogen-bond donors (Lipinski definition) is 1. The molecule has 0 spiro atoms. The van der Waals surface area contributed by atoms with Crippen LogP contribution in [-0.4, -0.2) is 22.7 Å². The van der Waals surface area contributed by atoms with E-state index in [0.717, 1.165) is 5.92 Å². The molecule has 0 aliphatic heterocycles. The third-order valence-corrected chi connectivity index (χ3v) is 2.92. The Morgan fingerprint density at radius 2 is 2.31 bits per heavy atom. The fourth-order valence-corrected chi connectivity index (χ4v) is 2.00. The lowest BCUT2D eigenvalue weighted by Gasteiger charge is -2.32. The molecule has 1 aliphatic rings. The van der Waals surface area contributed by atoms with Crippen LogP contribution in [0, 0.1) is 11.8 Å². The van der Waals surface area contributed by atoms with Gasteiger partial charge in [0, 0.05) is 12.3 Å². The van der Waals surface area contributed by atoms with Crippen molar-refractivity contribution >= 4 is 5.97 Å². The summed E-state index contributed by atoms with van der Waals surface area (Å²) in [6.07, 6.45) is 3.75. The first-order valence-corrected chi connectivity index (χ1v) is 5.47. The van der Waals surface area contributed by atoms with Crippen molar-refractivity contribution in [2.24, 2.45) is 11.8 Å². The Morgan fingerprint density at radius 3 is 2.81 bits per heavy atom. The van der Waals surface area contributed by atoms with Crippen molar-refractivity contribution in [3.05, 3.63) is 23.9 Å². The van der Waals surface area contributed by atoms with Crippen molar-refractivity contribution < 1.29 is 14.6 Å².